The lowest BCUT2D eigenvalue weighted by Crippen LogP contribution is -2.16. The van der Waals surface area contributed by atoms with Gasteiger partial charge in [-0.05, 0) is 6.42 Å². The maximum absolute atomic E-state index is 10.8. The zero-order valence-electron chi connectivity index (χ0n) is 6.25. The van der Waals surface area contributed by atoms with E-state index in [-0.39, 0.29) is 0 Å². The third-order valence-corrected chi connectivity index (χ3v) is 1.75. The van der Waals surface area contributed by atoms with Crippen LogP contribution in [0.2, 0.25) is 0 Å². The van der Waals surface area contributed by atoms with Crippen molar-refractivity contribution in [2.45, 2.75) is 13.3 Å². The summed E-state index contributed by atoms with van der Waals surface area (Å²) in [4.78, 5) is 0. The number of nitrogens with zero attached hydrogens (tertiary/aromatic N) is 1. The molecule has 0 amide bonds. The molecule has 1 aliphatic rings. The van der Waals surface area contributed by atoms with Crippen molar-refractivity contribution in [3.8, 4) is 0 Å². The van der Waals surface area contributed by atoms with Gasteiger partial charge < -0.3 is 9.94 Å². The Labute approximate surface area is 60.9 Å². The van der Waals surface area contributed by atoms with E-state index in [9.17, 15) is 5.21 Å². The Morgan fingerprint density at radius 1 is 1.80 bits per heavy atom. The van der Waals surface area contributed by atoms with Crippen molar-refractivity contribution in [1.82, 2.24) is 0 Å². The summed E-state index contributed by atoms with van der Waals surface area (Å²) in [5, 5.41) is 10.8. The van der Waals surface area contributed by atoms with Crippen LogP contribution in [0.1, 0.15) is 13.3 Å². The number of hydroxylamine groups is 1. The highest BCUT2D eigenvalue weighted by Gasteiger charge is 2.18. The largest absolute Gasteiger partial charge is 0.624 e. The smallest absolute Gasteiger partial charge is 0.158 e. The molecule has 1 fully saturated rings. The Bertz CT molecular complexity index is 128. The zero-order chi connectivity index (χ0) is 7.40. The average Bonchev–Trinajstić information content (AvgIpc) is 2.40. The van der Waals surface area contributed by atoms with Gasteiger partial charge in [0.05, 0.1) is 6.61 Å². The molecule has 1 unspecified atom stereocenters. The molecule has 3 nitrogen and oxygen atoms in total. The monoisotopic (exact) mass is 143 g/mol. The first-order valence-corrected chi connectivity index (χ1v) is 3.64. The predicted octanol–water partition coefficient (Wildman–Crippen LogP) is 0.624. The molecule has 0 radical (unpaired) electrons. The average molecular weight is 143 g/mol. The molecule has 0 saturated carbocycles. The van der Waals surface area contributed by atoms with Crippen LogP contribution in [0.15, 0.2) is 0 Å². The summed E-state index contributed by atoms with van der Waals surface area (Å²) in [5.74, 6) is 0.452. The van der Waals surface area contributed by atoms with Gasteiger partial charge in [-0.15, -0.1) is 0 Å². The summed E-state index contributed by atoms with van der Waals surface area (Å²) in [6.45, 7) is 3.92. The van der Waals surface area contributed by atoms with Crippen molar-refractivity contribution in [2.24, 2.45) is 5.92 Å². The van der Waals surface area contributed by atoms with Gasteiger partial charge in [-0.25, -0.2) is 4.74 Å². The van der Waals surface area contributed by atoms with Gasteiger partial charge in [-0.1, -0.05) is 0 Å². The highest BCUT2D eigenvalue weighted by molar-refractivity contribution is 5.46. The number of hydrogen-bond acceptors (Lipinski definition) is 2. The highest BCUT2D eigenvalue weighted by Crippen LogP contribution is 2.11. The zero-order valence-corrected chi connectivity index (χ0v) is 6.25. The van der Waals surface area contributed by atoms with Crippen LogP contribution in [0.3, 0.4) is 0 Å². The molecule has 0 aromatic carbocycles. The van der Waals surface area contributed by atoms with Gasteiger partial charge in [0.25, 0.3) is 0 Å². The van der Waals surface area contributed by atoms with Crippen LogP contribution >= 0.6 is 0 Å². The Balaban J connectivity index is 2.24. The van der Waals surface area contributed by atoms with Crippen LogP contribution in [0.4, 0.5) is 0 Å². The SMILES string of the molecule is C/C=[N+](\[O-])CC1CCOC1. The Morgan fingerprint density at radius 2 is 2.60 bits per heavy atom. The molecule has 1 aliphatic heterocycles. The first kappa shape index (κ1) is 7.54. The Morgan fingerprint density at radius 3 is 3.10 bits per heavy atom. The molecule has 0 aliphatic carbocycles. The van der Waals surface area contributed by atoms with Crippen molar-refractivity contribution in [1.29, 1.82) is 0 Å². The van der Waals surface area contributed by atoms with Gasteiger partial charge in [-0.2, -0.15) is 0 Å². The molecule has 58 valence electrons. The molecule has 1 rings (SSSR count). The van der Waals surface area contributed by atoms with Crippen molar-refractivity contribution in [3.63, 3.8) is 0 Å². The third-order valence-electron chi connectivity index (χ3n) is 1.75. The first-order valence-electron chi connectivity index (χ1n) is 3.64. The van der Waals surface area contributed by atoms with Crippen LogP contribution in [-0.4, -0.2) is 30.7 Å². The fourth-order valence-corrected chi connectivity index (χ4v) is 1.09. The van der Waals surface area contributed by atoms with E-state index in [0.717, 1.165) is 24.4 Å². The first-order chi connectivity index (χ1) is 4.83. The van der Waals surface area contributed by atoms with Crippen molar-refractivity contribution >= 4 is 6.21 Å². The quantitative estimate of drug-likeness (QED) is 0.246. The van der Waals surface area contributed by atoms with E-state index in [2.05, 4.69) is 0 Å². The highest BCUT2D eigenvalue weighted by atomic mass is 16.5. The van der Waals surface area contributed by atoms with Gasteiger partial charge in [0, 0.05) is 19.4 Å². The van der Waals surface area contributed by atoms with Crippen LogP contribution in [0, 0.1) is 11.1 Å². The summed E-state index contributed by atoms with van der Waals surface area (Å²) in [7, 11) is 0. The molecule has 0 spiro atoms. The van der Waals surface area contributed by atoms with Crippen molar-refractivity contribution in [3.05, 3.63) is 5.21 Å². The second-order valence-electron chi connectivity index (χ2n) is 2.59. The molecular formula is C7H13NO2. The molecule has 10 heavy (non-hydrogen) atoms. The predicted molar refractivity (Wildman–Crippen MR) is 39.2 cm³/mol. The topological polar surface area (TPSA) is 35.3 Å². The molecule has 3 heteroatoms. The Kier molecular flexibility index (Phi) is 2.68. The molecule has 0 N–H and O–H groups in total. The maximum atomic E-state index is 10.8. The fraction of sp³-hybridized carbons (Fsp3) is 0.857. The van der Waals surface area contributed by atoms with E-state index in [1.807, 2.05) is 0 Å². The van der Waals surface area contributed by atoms with Gasteiger partial charge in [0.2, 0.25) is 0 Å². The van der Waals surface area contributed by atoms with Gasteiger partial charge in [-0.3, -0.25) is 0 Å². The van der Waals surface area contributed by atoms with Gasteiger partial charge >= 0.3 is 0 Å². The minimum absolute atomic E-state index is 0.452. The van der Waals surface area contributed by atoms with E-state index >= 15 is 0 Å². The summed E-state index contributed by atoms with van der Waals surface area (Å²) < 4.78 is 6.09. The summed E-state index contributed by atoms with van der Waals surface area (Å²) in [6, 6.07) is 0. The van der Waals surface area contributed by atoms with E-state index in [0.29, 0.717) is 12.5 Å². The lowest BCUT2D eigenvalue weighted by Gasteiger charge is -2.06. The van der Waals surface area contributed by atoms with Crippen LogP contribution in [-0.2, 0) is 4.74 Å². The van der Waals surface area contributed by atoms with E-state index in [1.165, 1.54) is 0 Å². The second-order valence-corrected chi connectivity index (χ2v) is 2.59. The fourth-order valence-electron chi connectivity index (χ4n) is 1.09. The molecule has 1 saturated heterocycles. The standard InChI is InChI=1S/C7H13NO2/c1-2-8(9)5-7-3-4-10-6-7/h2,7H,3-6H2,1H3/b8-2-. The second kappa shape index (κ2) is 3.56. The lowest BCUT2D eigenvalue weighted by molar-refractivity contribution is -0.461. The normalized spacial score (nSPS) is 27.3. The molecule has 0 aromatic rings. The van der Waals surface area contributed by atoms with E-state index < -0.39 is 0 Å². The molecule has 0 aromatic heterocycles. The number of rotatable bonds is 2. The molecule has 1 heterocycles. The minimum Gasteiger partial charge on any atom is -0.624 e. The van der Waals surface area contributed by atoms with Crippen LogP contribution in [0.25, 0.3) is 0 Å². The molecular weight excluding hydrogens is 130 g/mol. The maximum Gasteiger partial charge on any atom is 0.158 e. The number of ether oxygens (including phenoxy) is 1. The van der Waals surface area contributed by atoms with E-state index in [1.54, 1.807) is 13.1 Å². The number of hydrogen-bond donors (Lipinski definition) is 0. The van der Waals surface area contributed by atoms with Gasteiger partial charge in [0.15, 0.2) is 6.54 Å². The molecule has 1 atom stereocenters. The summed E-state index contributed by atoms with van der Waals surface area (Å²) in [6.07, 6.45) is 2.59. The van der Waals surface area contributed by atoms with Crippen molar-refractivity contribution in [2.75, 3.05) is 19.8 Å². The lowest BCUT2D eigenvalue weighted by atomic mass is 10.1. The van der Waals surface area contributed by atoms with Gasteiger partial charge in [0.1, 0.15) is 6.21 Å². The molecule has 0 bridgehead atoms. The van der Waals surface area contributed by atoms with Crippen molar-refractivity contribution < 1.29 is 9.48 Å². The van der Waals surface area contributed by atoms with Crippen LogP contribution in [0.5, 0.6) is 0 Å². The minimum atomic E-state index is 0.452. The van der Waals surface area contributed by atoms with Crippen LogP contribution < -0.4 is 0 Å². The third kappa shape index (κ3) is 1.99. The summed E-state index contributed by atoms with van der Waals surface area (Å²) in [5.41, 5.74) is 0. The summed E-state index contributed by atoms with van der Waals surface area (Å²) >= 11 is 0. The van der Waals surface area contributed by atoms with E-state index in [4.69, 9.17) is 4.74 Å². The Hall–Kier alpha value is -0.570.